The minimum absolute atomic E-state index is 0.102. The maximum absolute atomic E-state index is 12.2. The fourth-order valence-corrected chi connectivity index (χ4v) is 2.48. The highest BCUT2D eigenvalue weighted by Crippen LogP contribution is 2.28. The fraction of sp³-hybridized carbons (Fsp3) is 0.938. The maximum Gasteiger partial charge on any atom is 0.410 e. The number of aliphatic hydroxyl groups is 1. The summed E-state index contributed by atoms with van der Waals surface area (Å²) < 4.78 is 5.45. The van der Waals surface area contributed by atoms with Gasteiger partial charge in [0.2, 0.25) is 0 Å². The van der Waals surface area contributed by atoms with Crippen molar-refractivity contribution in [3.8, 4) is 0 Å². The van der Waals surface area contributed by atoms with E-state index in [0.29, 0.717) is 0 Å². The number of likely N-dealkylation sites (tertiary alicyclic amines) is 1. The molecule has 0 radical (unpaired) electrons. The van der Waals surface area contributed by atoms with Crippen molar-refractivity contribution in [2.75, 3.05) is 6.54 Å². The van der Waals surface area contributed by atoms with Crippen molar-refractivity contribution < 1.29 is 14.6 Å². The lowest BCUT2D eigenvalue weighted by atomic mass is 9.85. The number of aliphatic hydroxyl groups excluding tert-OH is 1. The first kappa shape index (κ1) is 17.3. The predicted octanol–water partition coefficient (Wildman–Crippen LogP) is 3.57. The number of hydrogen-bond acceptors (Lipinski definition) is 3. The molecule has 1 N–H and O–H groups in total. The van der Waals surface area contributed by atoms with Crippen molar-refractivity contribution in [2.24, 2.45) is 5.41 Å². The number of carbonyl (C=O) groups is 1. The van der Waals surface area contributed by atoms with Gasteiger partial charge < -0.3 is 14.7 Å². The minimum Gasteiger partial charge on any atom is -0.444 e. The average Bonchev–Trinajstić information content (AvgIpc) is 2.70. The summed E-state index contributed by atoms with van der Waals surface area (Å²) in [5.74, 6) is 0. The second kappa shape index (κ2) is 6.33. The quantitative estimate of drug-likeness (QED) is 0.862. The van der Waals surface area contributed by atoms with Gasteiger partial charge in [-0.3, -0.25) is 0 Å². The van der Waals surface area contributed by atoms with Gasteiger partial charge in [-0.2, -0.15) is 0 Å². The monoisotopic (exact) mass is 285 g/mol. The number of amides is 1. The summed E-state index contributed by atoms with van der Waals surface area (Å²) >= 11 is 0. The third kappa shape index (κ3) is 5.31. The van der Waals surface area contributed by atoms with Crippen LogP contribution in [0.2, 0.25) is 0 Å². The zero-order valence-electron chi connectivity index (χ0n) is 13.9. The molecule has 4 nitrogen and oxygen atoms in total. The molecule has 0 aromatic heterocycles. The summed E-state index contributed by atoms with van der Waals surface area (Å²) in [7, 11) is 0. The van der Waals surface area contributed by atoms with Gasteiger partial charge in [-0.25, -0.2) is 4.79 Å². The molecule has 1 aliphatic heterocycles. The Morgan fingerprint density at radius 2 is 1.90 bits per heavy atom. The van der Waals surface area contributed by atoms with E-state index in [1.807, 2.05) is 46.4 Å². The molecule has 20 heavy (non-hydrogen) atoms. The van der Waals surface area contributed by atoms with E-state index in [0.717, 1.165) is 32.2 Å². The Morgan fingerprint density at radius 3 is 2.40 bits per heavy atom. The van der Waals surface area contributed by atoms with Crippen molar-refractivity contribution in [2.45, 2.75) is 85.0 Å². The molecule has 4 heteroatoms. The largest absolute Gasteiger partial charge is 0.444 e. The van der Waals surface area contributed by atoms with Crippen LogP contribution >= 0.6 is 0 Å². The van der Waals surface area contributed by atoms with Gasteiger partial charge in [0.15, 0.2) is 0 Å². The molecule has 0 spiro atoms. The van der Waals surface area contributed by atoms with Crippen LogP contribution in [0.3, 0.4) is 0 Å². The van der Waals surface area contributed by atoms with Gasteiger partial charge >= 0.3 is 6.09 Å². The van der Waals surface area contributed by atoms with E-state index in [4.69, 9.17) is 4.74 Å². The normalized spacial score (nSPS) is 21.9. The molecule has 1 amide bonds. The van der Waals surface area contributed by atoms with Gasteiger partial charge in [0.1, 0.15) is 5.60 Å². The van der Waals surface area contributed by atoms with Gasteiger partial charge in [-0.05, 0) is 51.9 Å². The molecule has 1 rings (SSSR count). The second-order valence-corrected chi connectivity index (χ2v) is 7.93. The molecular weight excluding hydrogens is 254 g/mol. The topological polar surface area (TPSA) is 49.8 Å². The Kier molecular flexibility index (Phi) is 5.47. The lowest BCUT2D eigenvalue weighted by Gasteiger charge is -2.31. The molecule has 1 fully saturated rings. The van der Waals surface area contributed by atoms with E-state index in [-0.39, 0.29) is 23.7 Å². The van der Waals surface area contributed by atoms with Crippen molar-refractivity contribution in [3.63, 3.8) is 0 Å². The van der Waals surface area contributed by atoms with Gasteiger partial charge in [0.05, 0.1) is 6.10 Å². The molecule has 0 saturated carbocycles. The molecule has 0 aromatic rings. The lowest BCUT2D eigenvalue weighted by Crippen LogP contribution is -2.40. The van der Waals surface area contributed by atoms with Crippen LogP contribution in [-0.4, -0.2) is 40.4 Å². The van der Waals surface area contributed by atoms with E-state index in [1.165, 1.54) is 0 Å². The van der Waals surface area contributed by atoms with Crippen LogP contribution in [-0.2, 0) is 4.74 Å². The van der Waals surface area contributed by atoms with Crippen LogP contribution in [0.5, 0.6) is 0 Å². The molecule has 0 aliphatic carbocycles. The van der Waals surface area contributed by atoms with Crippen LogP contribution < -0.4 is 0 Å². The van der Waals surface area contributed by atoms with Gasteiger partial charge in [-0.15, -0.1) is 0 Å². The molecule has 2 atom stereocenters. The lowest BCUT2D eigenvalue weighted by molar-refractivity contribution is 0.0168. The van der Waals surface area contributed by atoms with Crippen LogP contribution in [0.25, 0.3) is 0 Å². The summed E-state index contributed by atoms with van der Waals surface area (Å²) in [6.07, 6.45) is 3.06. The van der Waals surface area contributed by atoms with E-state index in [2.05, 4.69) is 0 Å². The Balaban J connectivity index is 2.51. The number of rotatable bonds is 3. The maximum atomic E-state index is 12.2. The van der Waals surface area contributed by atoms with Crippen LogP contribution in [0.15, 0.2) is 0 Å². The molecule has 0 aromatic carbocycles. The Hall–Kier alpha value is -0.770. The summed E-state index contributed by atoms with van der Waals surface area (Å²) in [4.78, 5) is 14.0. The summed E-state index contributed by atoms with van der Waals surface area (Å²) in [5.41, 5.74) is -0.551. The van der Waals surface area contributed by atoms with Crippen LogP contribution in [0.1, 0.15) is 67.2 Å². The minimum atomic E-state index is -0.449. The highest BCUT2D eigenvalue weighted by atomic mass is 16.6. The Morgan fingerprint density at radius 1 is 1.30 bits per heavy atom. The molecule has 0 unspecified atom stereocenters. The summed E-state index contributed by atoms with van der Waals surface area (Å²) in [5, 5.41) is 10.1. The van der Waals surface area contributed by atoms with E-state index in [9.17, 15) is 9.90 Å². The number of hydrogen-bond donors (Lipinski definition) is 1. The number of carbonyl (C=O) groups excluding carboxylic acids is 1. The summed E-state index contributed by atoms with van der Waals surface area (Å²) in [6.45, 7) is 12.6. The van der Waals surface area contributed by atoms with E-state index < -0.39 is 5.60 Å². The third-order valence-corrected chi connectivity index (χ3v) is 3.78. The van der Waals surface area contributed by atoms with Crippen LogP contribution in [0, 0.1) is 5.41 Å². The molecule has 0 bridgehead atoms. The highest BCUT2D eigenvalue weighted by molar-refractivity contribution is 5.68. The Labute approximate surface area is 123 Å². The van der Waals surface area contributed by atoms with Gasteiger partial charge in [0, 0.05) is 12.6 Å². The second-order valence-electron chi connectivity index (χ2n) is 7.93. The van der Waals surface area contributed by atoms with Crippen molar-refractivity contribution in [1.29, 1.82) is 0 Å². The fourth-order valence-electron chi connectivity index (χ4n) is 2.48. The first-order valence-corrected chi connectivity index (χ1v) is 7.68. The average molecular weight is 285 g/mol. The standard InChI is InChI=1S/C16H31NO3/c1-15(2,3)13(18)10-9-12-8-7-11-17(12)14(19)20-16(4,5)6/h12-13,18H,7-11H2,1-6H3/t12-,13-/m0/s1. The third-order valence-electron chi connectivity index (χ3n) is 3.78. The first-order chi connectivity index (χ1) is 9.00. The van der Waals surface area contributed by atoms with Gasteiger partial charge in [0.25, 0.3) is 0 Å². The number of ether oxygens (including phenoxy) is 1. The molecular formula is C16H31NO3. The molecule has 1 saturated heterocycles. The first-order valence-electron chi connectivity index (χ1n) is 7.68. The number of nitrogens with zero attached hydrogens (tertiary/aromatic N) is 1. The highest BCUT2D eigenvalue weighted by Gasteiger charge is 2.33. The van der Waals surface area contributed by atoms with Crippen molar-refractivity contribution >= 4 is 6.09 Å². The van der Waals surface area contributed by atoms with E-state index >= 15 is 0 Å². The molecule has 118 valence electrons. The predicted molar refractivity (Wildman–Crippen MR) is 80.7 cm³/mol. The summed E-state index contributed by atoms with van der Waals surface area (Å²) in [6, 6.07) is 0.210. The zero-order chi connectivity index (χ0) is 15.6. The van der Waals surface area contributed by atoms with Crippen molar-refractivity contribution in [3.05, 3.63) is 0 Å². The molecule has 1 aliphatic rings. The van der Waals surface area contributed by atoms with Gasteiger partial charge in [-0.1, -0.05) is 20.8 Å². The van der Waals surface area contributed by atoms with E-state index in [1.54, 1.807) is 0 Å². The molecule has 1 heterocycles. The zero-order valence-corrected chi connectivity index (χ0v) is 13.9. The SMILES string of the molecule is CC(C)(C)OC(=O)N1CCC[C@H]1CC[C@H](O)C(C)(C)C. The van der Waals surface area contributed by atoms with Crippen LogP contribution in [0.4, 0.5) is 4.79 Å². The Bertz CT molecular complexity index is 328. The van der Waals surface area contributed by atoms with Crippen molar-refractivity contribution in [1.82, 2.24) is 4.90 Å². The smallest absolute Gasteiger partial charge is 0.410 e.